The van der Waals surface area contributed by atoms with Crippen molar-refractivity contribution >= 4 is 27.6 Å². The topological polar surface area (TPSA) is 126 Å². The molecule has 0 spiro atoms. The van der Waals surface area contributed by atoms with E-state index in [9.17, 15) is 13.2 Å². The molecular formula is C29H38N6O4S. The Kier molecular flexibility index (Phi) is 9.72. The molecule has 214 valence electrons. The first-order chi connectivity index (χ1) is 19.1. The summed E-state index contributed by atoms with van der Waals surface area (Å²) in [5, 5.41) is 6.61. The molecule has 3 N–H and O–H groups in total. The molecule has 40 heavy (non-hydrogen) atoms. The summed E-state index contributed by atoms with van der Waals surface area (Å²) in [7, 11) is -3.90. The number of aromatic nitrogens is 2. The van der Waals surface area contributed by atoms with Crippen LogP contribution in [0.4, 0.5) is 11.6 Å². The van der Waals surface area contributed by atoms with Gasteiger partial charge in [-0.15, -0.1) is 0 Å². The molecule has 10 nitrogen and oxygen atoms in total. The molecule has 1 fully saturated rings. The second-order valence-corrected chi connectivity index (χ2v) is 12.5. The molecule has 2 heterocycles. The van der Waals surface area contributed by atoms with Gasteiger partial charge in [0.05, 0.1) is 4.90 Å². The van der Waals surface area contributed by atoms with Crippen molar-refractivity contribution in [3.63, 3.8) is 0 Å². The number of esters is 1. The molecule has 0 amide bonds. The lowest BCUT2D eigenvalue weighted by Gasteiger charge is -2.34. The summed E-state index contributed by atoms with van der Waals surface area (Å²) in [5.74, 6) is 0.0335. The maximum atomic E-state index is 12.9. The van der Waals surface area contributed by atoms with E-state index in [1.807, 2.05) is 12.1 Å². The molecule has 1 atom stereocenters. The average molecular weight is 567 g/mol. The number of ether oxygens (including phenoxy) is 1. The van der Waals surface area contributed by atoms with Crippen LogP contribution in [0.25, 0.3) is 0 Å². The summed E-state index contributed by atoms with van der Waals surface area (Å²) in [6.45, 7) is 7.66. The van der Waals surface area contributed by atoms with Gasteiger partial charge < -0.3 is 20.3 Å². The van der Waals surface area contributed by atoms with Crippen LogP contribution in [0.15, 0.2) is 78.0 Å². The molecule has 2 aromatic carbocycles. The van der Waals surface area contributed by atoms with Crippen LogP contribution >= 0.6 is 0 Å². The monoisotopic (exact) mass is 566 g/mol. The second-order valence-electron chi connectivity index (χ2n) is 10.8. The first-order valence-electron chi connectivity index (χ1n) is 13.5. The Morgan fingerprint density at radius 2 is 1.65 bits per heavy atom. The molecule has 0 aliphatic carbocycles. The highest BCUT2D eigenvalue weighted by Gasteiger charge is 2.29. The maximum Gasteiger partial charge on any atom is 0.326 e. The van der Waals surface area contributed by atoms with E-state index in [0.717, 1.165) is 37.2 Å². The number of nitrogens with one attached hydrogen (secondary N) is 3. The van der Waals surface area contributed by atoms with Crippen LogP contribution in [-0.2, 0) is 26.1 Å². The minimum atomic E-state index is -3.90. The standard InChI is InChI=1S/C29H38N6O4S/c1-29(2,3)39-27(36)26(34-40(37,38)25-8-5-4-6-9-25)21-30-20-22-10-12-24(13-11-22)35-18-14-23(15-19-35)33-28-31-16-7-17-32-28/h4-13,16-17,23,26,30,34H,14-15,18-21H2,1-3H3,(H,31,32,33)/t26-/m0/s1. The minimum absolute atomic E-state index is 0.0777. The number of carbonyl (C=O) groups excluding carboxylic acids is 1. The van der Waals surface area contributed by atoms with E-state index in [2.05, 4.69) is 42.4 Å². The Bertz CT molecular complexity index is 1320. The highest BCUT2D eigenvalue weighted by atomic mass is 32.2. The predicted molar refractivity (Wildman–Crippen MR) is 155 cm³/mol. The number of hydrogen-bond acceptors (Lipinski definition) is 9. The number of nitrogens with zero attached hydrogens (tertiary/aromatic N) is 3. The Hall–Kier alpha value is -3.54. The molecule has 1 aliphatic rings. The minimum Gasteiger partial charge on any atom is -0.459 e. The fourth-order valence-corrected chi connectivity index (χ4v) is 5.63. The Morgan fingerprint density at radius 1 is 1.00 bits per heavy atom. The van der Waals surface area contributed by atoms with Crippen LogP contribution < -0.4 is 20.3 Å². The van der Waals surface area contributed by atoms with Crippen molar-refractivity contribution in [2.45, 2.75) is 62.7 Å². The van der Waals surface area contributed by atoms with E-state index in [4.69, 9.17) is 4.74 Å². The van der Waals surface area contributed by atoms with Crippen molar-refractivity contribution in [1.29, 1.82) is 0 Å². The molecule has 0 radical (unpaired) electrons. The van der Waals surface area contributed by atoms with Gasteiger partial charge in [-0.1, -0.05) is 30.3 Å². The number of benzene rings is 2. The van der Waals surface area contributed by atoms with Crippen molar-refractivity contribution in [3.05, 3.63) is 78.6 Å². The maximum absolute atomic E-state index is 12.9. The van der Waals surface area contributed by atoms with Gasteiger partial charge in [0, 0.05) is 50.3 Å². The van der Waals surface area contributed by atoms with Gasteiger partial charge in [0.1, 0.15) is 11.6 Å². The molecule has 1 aliphatic heterocycles. The number of anilines is 2. The summed E-state index contributed by atoms with van der Waals surface area (Å²) in [6, 6.07) is 17.3. The van der Waals surface area contributed by atoms with E-state index >= 15 is 0 Å². The van der Waals surface area contributed by atoms with Crippen molar-refractivity contribution in [2.24, 2.45) is 0 Å². The second kappa shape index (κ2) is 13.2. The Balaban J connectivity index is 1.30. The van der Waals surface area contributed by atoms with Gasteiger partial charge in [0.15, 0.2) is 0 Å². The fraction of sp³-hybridized carbons (Fsp3) is 0.414. The summed E-state index contributed by atoms with van der Waals surface area (Å²) in [6.07, 6.45) is 5.46. The summed E-state index contributed by atoms with van der Waals surface area (Å²) in [5.41, 5.74) is 1.43. The Labute approximate surface area is 236 Å². The van der Waals surface area contributed by atoms with E-state index < -0.39 is 27.6 Å². The normalized spacial score (nSPS) is 15.4. The van der Waals surface area contributed by atoms with Gasteiger partial charge in [-0.2, -0.15) is 4.72 Å². The zero-order chi connectivity index (χ0) is 28.6. The lowest BCUT2D eigenvalue weighted by Crippen LogP contribution is -2.49. The van der Waals surface area contributed by atoms with Gasteiger partial charge >= 0.3 is 5.97 Å². The highest BCUT2D eigenvalue weighted by Crippen LogP contribution is 2.22. The number of sulfonamides is 1. The van der Waals surface area contributed by atoms with Gasteiger partial charge in [0.2, 0.25) is 16.0 Å². The van der Waals surface area contributed by atoms with Crippen LogP contribution in [0, 0.1) is 0 Å². The molecule has 0 saturated carbocycles. The van der Waals surface area contributed by atoms with Gasteiger partial charge in [-0.3, -0.25) is 4.79 Å². The van der Waals surface area contributed by atoms with E-state index in [1.165, 1.54) is 12.1 Å². The molecule has 3 aromatic rings. The molecule has 0 unspecified atom stereocenters. The first kappa shape index (κ1) is 29.4. The van der Waals surface area contributed by atoms with Crippen molar-refractivity contribution < 1.29 is 17.9 Å². The average Bonchev–Trinajstić information content (AvgIpc) is 2.93. The number of piperidine rings is 1. The van der Waals surface area contributed by atoms with Crippen LogP contribution in [0.3, 0.4) is 0 Å². The summed E-state index contributed by atoms with van der Waals surface area (Å²) < 4.78 is 33.8. The van der Waals surface area contributed by atoms with Crippen molar-refractivity contribution in [1.82, 2.24) is 20.0 Å². The number of carbonyl (C=O) groups is 1. The number of rotatable bonds is 11. The molecule has 1 aromatic heterocycles. The molecular weight excluding hydrogens is 528 g/mol. The predicted octanol–water partition coefficient (Wildman–Crippen LogP) is 3.34. The van der Waals surface area contributed by atoms with Gasteiger partial charge in [-0.25, -0.2) is 18.4 Å². The van der Waals surface area contributed by atoms with Crippen molar-refractivity contribution in [3.8, 4) is 0 Å². The Morgan fingerprint density at radius 3 is 2.27 bits per heavy atom. The third-order valence-electron chi connectivity index (χ3n) is 6.42. The van der Waals surface area contributed by atoms with E-state index in [1.54, 1.807) is 57.4 Å². The molecule has 11 heteroatoms. The lowest BCUT2D eigenvalue weighted by atomic mass is 10.0. The van der Waals surface area contributed by atoms with Crippen LogP contribution in [0.5, 0.6) is 0 Å². The quantitative estimate of drug-likeness (QED) is 0.300. The fourth-order valence-electron chi connectivity index (χ4n) is 4.42. The van der Waals surface area contributed by atoms with E-state index in [0.29, 0.717) is 18.5 Å². The zero-order valence-electron chi connectivity index (χ0n) is 23.2. The zero-order valence-corrected chi connectivity index (χ0v) is 24.0. The smallest absolute Gasteiger partial charge is 0.326 e. The summed E-state index contributed by atoms with van der Waals surface area (Å²) >= 11 is 0. The molecule has 0 bridgehead atoms. The van der Waals surface area contributed by atoms with Crippen LogP contribution in [0.2, 0.25) is 0 Å². The van der Waals surface area contributed by atoms with Gasteiger partial charge in [-0.05, 0) is 69.5 Å². The largest absolute Gasteiger partial charge is 0.459 e. The molecule has 1 saturated heterocycles. The van der Waals surface area contributed by atoms with Crippen molar-refractivity contribution in [2.75, 3.05) is 29.9 Å². The van der Waals surface area contributed by atoms with E-state index in [-0.39, 0.29) is 11.4 Å². The first-order valence-corrected chi connectivity index (χ1v) is 15.0. The highest BCUT2D eigenvalue weighted by molar-refractivity contribution is 7.89. The van der Waals surface area contributed by atoms with Crippen LogP contribution in [0.1, 0.15) is 39.2 Å². The van der Waals surface area contributed by atoms with Crippen LogP contribution in [-0.4, -0.2) is 61.7 Å². The lowest BCUT2D eigenvalue weighted by molar-refractivity contribution is -0.156. The SMILES string of the molecule is CC(C)(C)OC(=O)[C@H](CNCc1ccc(N2CCC(Nc3ncccn3)CC2)cc1)NS(=O)(=O)c1ccccc1. The third kappa shape index (κ3) is 8.73. The third-order valence-corrected chi connectivity index (χ3v) is 7.90. The summed E-state index contributed by atoms with van der Waals surface area (Å²) in [4.78, 5) is 23.8. The number of hydrogen-bond donors (Lipinski definition) is 3. The van der Waals surface area contributed by atoms with Gasteiger partial charge in [0.25, 0.3) is 0 Å². The molecule has 4 rings (SSSR count).